The van der Waals surface area contributed by atoms with Crippen molar-refractivity contribution in [1.82, 2.24) is 4.98 Å². The number of hydrogen-bond acceptors (Lipinski definition) is 4. The smallest absolute Gasteiger partial charge is 0.330 e. The summed E-state index contributed by atoms with van der Waals surface area (Å²) < 4.78 is 10.7. The minimum Gasteiger partial charge on any atom is -0.330 e. The number of nitrogens with zero attached hydrogens (tertiary/aromatic N) is 1. The van der Waals surface area contributed by atoms with Gasteiger partial charge in [0.15, 0.2) is 0 Å². The monoisotopic (exact) mass is 236 g/mol. The van der Waals surface area contributed by atoms with E-state index in [2.05, 4.69) is 22.1 Å². The van der Waals surface area contributed by atoms with Gasteiger partial charge in [-0.05, 0) is 12.1 Å². The van der Waals surface area contributed by atoms with Gasteiger partial charge in [0.05, 0.1) is 11.9 Å². The lowest BCUT2D eigenvalue weighted by Gasteiger charge is -1.91. The molecule has 4 nitrogen and oxygen atoms in total. The van der Waals surface area contributed by atoms with Crippen molar-refractivity contribution in [2.75, 3.05) is 6.54 Å². The first-order chi connectivity index (χ1) is 8.27. The largest absolute Gasteiger partial charge is 0.350 e. The van der Waals surface area contributed by atoms with Gasteiger partial charge < -0.3 is 5.73 Å². The number of nitrogens with two attached hydrogens (primary N) is 1. The number of carbonyl (C=O) groups excluding carboxylic acids is 1. The van der Waals surface area contributed by atoms with Crippen molar-refractivity contribution < 1.29 is 14.3 Å². The minimum absolute atomic E-state index is 0.0590. The molecule has 0 saturated carbocycles. The molecule has 2 N–H and O–H groups in total. The number of benzene rings is 1. The van der Waals surface area contributed by atoms with E-state index >= 15 is 0 Å². The summed E-state index contributed by atoms with van der Waals surface area (Å²) in [6, 6.07) is 12.1. The summed E-state index contributed by atoms with van der Waals surface area (Å²) in [7, 11) is 0. The van der Waals surface area contributed by atoms with Crippen LogP contribution in [0.2, 0.25) is 0 Å². The number of fused-ring (bicyclic) bond motifs is 1. The van der Waals surface area contributed by atoms with E-state index in [4.69, 9.17) is 5.73 Å². The van der Waals surface area contributed by atoms with Crippen molar-refractivity contribution >= 4 is 16.9 Å². The Morgan fingerprint density at radius 3 is 2.59 bits per heavy atom. The maximum atomic E-state index is 10.7. The molecule has 1 aromatic heterocycles. The molecule has 90 valence electrons. The quantitative estimate of drug-likeness (QED) is 0.866. The summed E-state index contributed by atoms with van der Waals surface area (Å²) in [6.07, 6.45) is 1.75. The van der Waals surface area contributed by atoms with E-state index in [-0.39, 0.29) is 13.0 Å². The van der Waals surface area contributed by atoms with Crippen molar-refractivity contribution in [3.63, 3.8) is 0 Å². The molecule has 0 saturated heterocycles. The molecule has 0 fully saturated rings. The highest BCUT2D eigenvalue weighted by atomic mass is 19.3. The van der Waals surface area contributed by atoms with E-state index in [1.165, 1.54) is 5.39 Å². The lowest BCUT2D eigenvalue weighted by atomic mass is 10.2. The third-order valence-corrected chi connectivity index (χ3v) is 1.95. The topological polar surface area (TPSA) is 65.2 Å². The normalized spacial score (nSPS) is 9.29. The van der Waals surface area contributed by atoms with Gasteiger partial charge in [-0.25, -0.2) is 4.79 Å². The fourth-order valence-electron chi connectivity index (χ4n) is 1.17. The molecular formula is C12H13FN2O2. The molecule has 1 heterocycles. The average Bonchev–Trinajstić information content (AvgIpc) is 2.40. The van der Waals surface area contributed by atoms with Gasteiger partial charge in [-0.15, -0.1) is 0 Å². The van der Waals surface area contributed by atoms with Gasteiger partial charge in [0.25, 0.3) is 0 Å². The number of halogens is 1. The molecule has 2 rings (SSSR count). The molecule has 5 heteroatoms. The Bertz CT molecular complexity index is 411. The zero-order valence-corrected chi connectivity index (χ0v) is 9.17. The Balaban J connectivity index is 0.000000185. The fourth-order valence-corrected chi connectivity index (χ4v) is 1.17. The van der Waals surface area contributed by atoms with E-state index in [1.54, 1.807) is 0 Å². The molecule has 17 heavy (non-hydrogen) atoms. The number of hydrogen-bond donors (Lipinski definition) is 1. The molecule has 0 spiro atoms. The molecule has 0 aliphatic rings. The Hall–Kier alpha value is -2.01. The summed E-state index contributed by atoms with van der Waals surface area (Å²) in [5, 5.41) is 1.20. The van der Waals surface area contributed by atoms with Crippen molar-refractivity contribution in [3.05, 3.63) is 42.6 Å². The lowest BCUT2D eigenvalue weighted by molar-refractivity contribution is -0.183. The molecule has 0 atom stereocenters. The van der Waals surface area contributed by atoms with Gasteiger partial charge in [0.2, 0.25) is 0 Å². The van der Waals surface area contributed by atoms with Crippen molar-refractivity contribution in [2.24, 2.45) is 5.73 Å². The molecule has 0 amide bonds. The van der Waals surface area contributed by atoms with Crippen LogP contribution in [0.4, 0.5) is 4.53 Å². The first kappa shape index (κ1) is 13.1. The first-order valence-electron chi connectivity index (χ1n) is 5.09. The predicted molar refractivity (Wildman–Crippen MR) is 62.6 cm³/mol. The molecule has 0 bridgehead atoms. The van der Waals surface area contributed by atoms with Crippen LogP contribution in [-0.2, 0) is 9.74 Å². The second-order valence-corrected chi connectivity index (χ2v) is 3.18. The van der Waals surface area contributed by atoms with E-state index in [1.807, 2.05) is 30.5 Å². The van der Waals surface area contributed by atoms with Crippen molar-refractivity contribution in [2.45, 2.75) is 6.42 Å². The third-order valence-electron chi connectivity index (χ3n) is 1.95. The Morgan fingerprint density at radius 1 is 1.29 bits per heavy atom. The van der Waals surface area contributed by atoms with Crippen molar-refractivity contribution in [1.29, 1.82) is 0 Å². The highest BCUT2D eigenvalue weighted by Crippen LogP contribution is 2.07. The molecule has 0 aliphatic heterocycles. The van der Waals surface area contributed by atoms with E-state index in [9.17, 15) is 9.32 Å². The van der Waals surface area contributed by atoms with Crippen LogP contribution in [0.1, 0.15) is 6.42 Å². The van der Waals surface area contributed by atoms with Gasteiger partial charge in [0.1, 0.15) is 0 Å². The van der Waals surface area contributed by atoms with Crippen molar-refractivity contribution in [3.8, 4) is 0 Å². The molecule has 0 radical (unpaired) electrons. The predicted octanol–water partition coefficient (Wildman–Crippen LogP) is 2.00. The van der Waals surface area contributed by atoms with Crippen LogP contribution in [0.3, 0.4) is 0 Å². The zero-order chi connectivity index (χ0) is 12.5. The number of rotatable bonds is 2. The Labute approximate surface area is 98.1 Å². The van der Waals surface area contributed by atoms with E-state index < -0.39 is 5.97 Å². The van der Waals surface area contributed by atoms with Gasteiger partial charge in [-0.1, -0.05) is 24.3 Å². The van der Waals surface area contributed by atoms with Crippen LogP contribution in [0.15, 0.2) is 42.6 Å². The highest BCUT2D eigenvalue weighted by molar-refractivity contribution is 5.77. The third kappa shape index (κ3) is 4.56. The second kappa shape index (κ2) is 7.29. The summed E-state index contributed by atoms with van der Waals surface area (Å²) in [6.45, 7) is 0.128. The van der Waals surface area contributed by atoms with Crippen LogP contribution < -0.4 is 5.73 Å². The first-order valence-corrected chi connectivity index (χ1v) is 5.09. The lowest BCUT2D eigenvalue weighted by Crippen LogP contribution is -2.07. The number of pyridine rings is 1. The van der Waals surface area contributed by atoms with Crippen LogP contribution in [0.5, 0.6) is 0 Å². The molecular weight excluding hydrogens is 223 g/mol. The zero-order valence-electron chi connectivity index (χ0n) is 9.17. The molecule has 2 aromatic rings. The maximum Gasteiger partial charge on any atom is 0.350 e. The SMILES string of the molecule is NCCC(=O)OF.c1ccc2ncccc2c1. The van der Waals surface area contributed by atoms with Gasteiger partial charge >= 0.3 is 5.97 Å². The number of carbonyl (C=O) groups is 1. The Kier molecular flexibility index (Phi) is 5.60. The van der Waals surface area contributed by atoms with E-state index in [0.717, 1.165) is 5.52 Å². The minimum atomic E-state index is -0.914. The number of para-hydroxylation sites is 1. The second-order valence-electron chi connectivity index (χ2n) is 3.18. The van der Waals surface area contributed by atoms with Gasteiger partial charge in [-0.3, -0.25) is 9.93 Å². The Morgan fingerprint density at radius 2 is 2.00 bits per heavy atom. The highest BCUT2D eigenvalue weighted by Gasteiger charge is 1.97. The standard InChI is InChI=1S/C9H7N.C3H6FNO2/c1-2-6-9-8(4-1)5-3-7-10-9;4-7-3(6)1-2-5/h1-7H;1-2,5H2. The van der Waals surface area contributed by atoms with Crippen LogP contribution in [-0.4, -0.2) is 17.5 Å². The van der Waals surface area contributed by atoms with Gasteiger partial charge in [-0.2, -0.15) is 0 Å². The summed E-state index contributed by atoms with van der Waals surface area (Å²) in [5.41, 5.74) is 5.90. The van der Waals surface area contributed by atoms with Crippen LogP contribution >= 0.6 is 0 Å². The number of aromatic nitrogens is 1. The summed E-state index contributed by atoms with van der Waals surface area (Å²) in [4.78, 5) is 16.7. The molecule has 0 unspecified atom stereocenters. The molecule has 0 aliphatic carbocycles. The summed E-state index contributed by atoms with van der Waals surface area (Å²) in [5.74, 6) is -0.914. The fraction of sp³-hybridized carbons (Fsp3) is 0.167. The van der Waals surface area contributed by atoms with Crippen LogP contribution in [0.25, 0.3) is 10.9 Å². The molecule has 1 aromatic carbocycles. The maximum absolute atomic E-state index is 10.7. The average molecular weight is 236 g/mol. The van der Waals surface area contributed by atoms with Gasteiger partial charge in [0, 0.05) is 22.7 Å². The van der Waals surface area contributed by atoms with Crippen LogP contribution in [0, 0.1) is 0 Å². The summed E-state index contributed by atoms with van der Waals surface area (Å²) >= 11 is 0. The van der Waals surface area contributed by atoms with E-state index in [0.29, 0.717) is 0 Å².